The molecule has 150 valence electrons. The highest BCUT2D eigenvalue weighted by Crippen LogP contribution is 2.39. The van der Waals surface area contributed by atoms with Gasteiger partial charge < -0.3 is 14.5 Å². The van der Waals surface area contributed by atoms with Gasteiger partial charge in [0.2, 0.25) is 0 Å². The number of anilines is 1. The van der Waals surface area contributed by atoms with Crippen LogP contribution in [-0.2, 0) is 17.6 Å². The van der Waals surface area contributed by atoms with Gasteiger partial charge in [-0.1, -0.05) is 23.2 Å². The number of aryl methyl sites for hydroxylation is 1. The summed E-state index contributed by atoms with van der Waals surface area (Å²) < 4.78 is 10.6. The lowest BCUT2D eigenvalue weighted by Gasteiger charge is -2.11. The molecule has 0 atom stereocenters. The third kappa shape index (κ3) is 3.92. The normalized spacial score (nSPS) is 13.1. The minimum atomic E-state index is -0.446. The van der Waals surface area contributed by atoms with Crippen LogP contribution in [-0.4, -0.2) is 19.0 Å². The van der Waals surface area contributed by atoms with Crippen molar-refractivity contribution in [2.24, 2.45) is 0 Å². The van der Waals surface area contributed by atoms with E-state index in [1.807, 2.05) is 0 Å². The van der Waals surface area contributed by atoms with Gasteiger partial charge in [0.15, 0.2) is 5.76 Å². The molecule has 2 aromatic heterocycles. The van der Waals surface area contributed by atoms with Crippen molar-refractivity contribution in [3.05, 3.63) is 62.1 Å². The Labute approximate surface area is 181 Å². The summed E-state index contributed by atoms with van der Waals surface area (Å²) in [5.41, 5.74) is 2.03. The molecule has 1 amide bonds. The Hall–Kier alpha value is -2.28. The van der Waals surface area contributed by atoms with Crippen LogP contribution in [0.1, 0.15) is 44.2 Å². The number of rotatable bonds is 4. The first-order valence-corrected chi connectivity index (χ1v) is 10.6. The van der Waals surface area contributed by atoms with Gasteiger partial charge in [0, 0.05) is 15.5 Å². The van der Waals surface area contributed by atoms with Gasteiger partial charge in [-0.2, -0.15) is 0 Å². The Morgan fingerprint density at radius 1 is 1.14 bits per heavy atom. The minimum Gasteiger partial charge on any atom is -0.465 e. The second kappa shape index (κ2) is 8.22. The number of carbonyl (C=O) groups excluding carboxylic acids is 2. The average Bonchev–Trinajstić information content (AvgIpc) is 3.34. The number of methoxy groups -OCH3 is 1. The van der Waals surface area contributed by atoms with Gasteiger partial charge in [-0.05, 0) is 61.6 Å². The van der Waals surface area contributed by atoms with Gasteiger partial charge in [0.1, 0.15) is 10.8 Å². The first-order chi connectivity index (χ1) is 14.0. The van der Waals surface area contributed by atoms with Gasteiger partial charge in [-0.25, -0.2) is 4.79 Å². The maximum atomic E-state index is 12.8. The number of ether oxygens (including phenoxy) is 1. The van der Waals surface area contributed by atoms with E-state index in [4.69, 9.17) is 32.4 Å². The van der Waals surface area contributed by atoms with Crippen molar-refractivity contribution in [1.82, 2.24) is 0 Å². The molecular weight excluding hydrogens is 433 g/mol. The number of hydrogen-bond donors (Lipinski definition) is 1. The summed E-state index contributed by atoms with van der Waals surface area (Å²) >= 11 is 13.7. The molecule has 0 spiro atoms. The van der Waals surface area contributed by atoms with Crippen LogP contribution in [0.3, 0.4) is 0 Å². The van der Waals surface area contributed by atoms with E-state index in [2.05, 4.69) is 5.32 Å². The smallest absolute Gasteiger partial charge is 0.341 e. The first kappa shape index (κ1) is 20.0. The lowest BCUT2D eigenvalue weighted by atomic mass is 9.95. The summed E-state index contributed by atoms with van der Waals surface area (Å²) in [7, 11) is 1.34. The van der Waals surface area contributed by atoms with Crippen LogP contribution in [0.5, 0.6) is 0 Å². The molecule has 0 fully saturated rings. The van der Waals surface area contributed by atoms with Crippen molar-refractivity contribution in [2.75, 3.05) is 12.4 Å². The standard InChI is InChI=1S/C21H17Cl2NO4S/c1-27-21(26)18-12-4-2-3-5-17(12)29-20(18)24-19(25)16-9-8-15(28-16)13-10-11(22)6-7-14(13)23/h6-10H,2-5H2,1H3,(H,24,25). The molecule has 2 heterocycles. The van der Waals surface area contributed by atoms with E-state index >= 15 is 0 Å². The van der Waals surface area contributed by atoms with E-state index in [-0.39, 0.29) is 5.76 Å². The van der Waals surface area contributed by atoms with Crippen LogP contribution >= 0.6 is 34.5 Å². The molecule has 8 heteroatoms. The highest BCUT2D eigenvalue weighted by molar-refractivity contribution is 7.17. The summed E-state index contributed by atoms with van der Waals surface area (Å²) in [6.45, 7) is 0. The van der Waals surface area contributed by atoms with Gasteiger partial charge in [-0.3, -0.25) is 4.79 Å². The van der Waals surface area contributed by atoms with E-state index in [1.54, 1.807) is 30.3 Å². The maximum absolute atomic E-state index is 12.8. The van der Waals surface area contributed by atoms with Crippen molar-refractivity contribution in [3.8, 4) is 11.3 Å². The Morgan fingerprint density at radius 2 is 1.93 bits per heavy atom. The molecule has 1 aliphatic carbocycles. The quantitative estimate of drug-likeness (QED) is 0.479. The number of carbonyl (C=O) groups is 2. The van der Waals surface area contributed by atoms with Gasteiger partial charge >= 0.3 is 5.97 Å². The van der Waals surface area contributed by atoms with E-state index in [0.717, 1.165) is 36.1 Å². The number of benzene rings is 1. The zero-order valence-electron chi connectivity index (χ0n) is 15.5. The molecule has 0 saturated carbocycles. The molecule has 0 unspecified atom stereocenters. The Bertz CT molecular complexity index is 1100. The highest BCUT2D eigenvalue weighted by Gasteiger charge is 2.27. The molecule has 0 aliphatic heterocycles. The zero-order chi connectivity index (χ0) is 20.5. The van der Waals surface area contributed by atoms with Crippen LogP contribution in [0, 0.1) is 0 Å². The van der Waals surface area contributed by atoms with Gasteiger partial charge in [0.05, 0.1) is 17.7 Å². The fourth-order valence-electron chi connectivity index (χ4n) is 3.43. The predicted molar refractivity (Wildman–Crippen MR) is 114 cm³/mol. The molecule has 0 radical (unpaired) electrons. The van der Waals surface area contributed by atoms with Gasteiger partial charge in [0.25, 0.3) is 5.91 Å². The van der Waals surface area contributed by atoms with Crippen molar-refractivity contribution in [2.45, 2.75) is 25.7 Å². The van der Waals surface area contributed by atoms with Crippen LogP contribution in [0.2, 0.25) is 10.0 Å². The molecule has 0 saturated heterocycles. The Kier molecular flexibility index (Phi) is 5.67. The zero-order valence-corrected chi connectivity index (χ0v) is 17.8. The number of nitrogens with one attached hydrogen (secondary N) is 1. The minimum absolute atomic E-state index is 0.109. The largest absolute Gasteiger partial charge is 0.465 e. The Morgan fingerprint density at radius 3 is 2.72 bits per heavy atom. The number of halogens is 2. The summed E-state index contributed by atoms with van der Waals surface area (Å²) in [5.74, 6) is -0.344. The summed E-state index contributed by atoms with van der Waals surface area (Å²) in [6.07, 6.45) is 3.80. The molecule has 1 aliphatic rings. The SMILES string of the molecule is COC(=O)c1c(NC(=O)c2ccc(-c3cc(Cl)ccc3Cl)o2)sc2c1CCCC2. The number of furan rings is 1. The van der Waals surface area contributed by atoms with Crippen LogP contribution < -0.4 is 5.32 Å². The van der Waals surface area contributed by atoms with Crippen molar-refractivity contribution >= 4 is 51.4 Å². The molecule has 0 bridgehead atoms. The highest BCUT2D eigenvalue weighted by atomic mass is 35.5. The number of fused-ring (bicyclic) bond motifs is 1. The molecule has 29 heavy (non-hydrogen) atoms. The number of amides is 1. The number of hydrogen-bond acceptors (Lipinski definition) is 5. The summed E-state index contributed by atoms with van der Waals surface area (Å²) in [4.78, 5) is 26.2. The van der Waals surface area contributed by atoms with E-state index in [9.17, 15) is 9.59 Å². The molecular formula is C21H17Cl2NO4S. The lowest BCUT2D eigenvalue weighted by molar-refractivity contribution is 0.0601. The third-order valence-electron chi connectivity index (χ3n) is 4.81. The molecule has 3 aromatic rings. The predicted octanol–water partition coefficient (Wildman–Crippen LogP) is 6.23. The monoisotopic (exact) mass is 449 g/mol. The second-order valence-electron chi connectivity index (χ2n) is 6.65. The average molecular weight is 450 g/mol. The van der Waals surface area contributed by atoms with Crippen molar-refractivity contribution in [3.63, 3.8) is 0 Å². The second-order valence-corrected chi connectivity index (χ2v) is 8.60. The topological polar surface area (TPSA) is 68.5 Å². The maximum Gasteiger partial charge on any atom is 0.341 e. The fraction of sp³-hybridized carbons (Fsp3) is 0.238. The Balaban J connectivity index is 1.62. The summed E-state index contributed by atoms with van der Waals surface area (Å²) in [6, 6.07) is 8.24. The fourth-order valence-corrected chi connectivity index (χ4v) is 5.08. The number of esters is 1. The molecule has 5 nitrogen and oxygen atoms in total. The van der Waals surface area contributed by atoms with Crippen molar-refractivity contribution < 1.29 is 18.7 Å². The molecule has 1 N–H and O–H groups in total. The van der Waals surface area contributed by atoms with Crippen molar-refractivity contribution in [1.29, 1.82) is 0 Å². The third-order valence-corrected chi connectivity index (χ3v) is 6.58. The lowest BCUT2D eigenvalue weighted by Crippen LogP contribution is -2.14. The number of thiophene rings is 1. The van der Waals surface area contributed by atoms with Crippen LogP contribution in [0.25, 0.3) is 11.3 Å². The molecule has 1 aromatic carbocycles. The summed E-state index contributed by atoms with van der Waals surface area (Å²) in [5, 5.41) is 4.29. The van der Waals surface area contributed by atoms with Crippen LogP contribution in [0.15, 0.2) is 34.7 Å². The first-order valence-electron chi connectivity index (χ1n) is 9.07. The van der Waals surface area contributed by atoms with E-state index in [1.165, 1.54) is 18.4 Å². The van der Waals surface area contributed by atoms with E-state index in [0.29, 0.717) is 31.9 Å². The van der Waals surface area contributed by atoms with Gasteiger partial charge in [-0.15, -0.1) is 11.3 Å². The molecule has 4 rings (SSSR count). The van der Waals surface area contributed by atoms with E-state index < -0.39 is 11.9 Å². The van der Waals surface area contributed by atoms with Crippen LogP contribution in [0.4, 0.5) is 5.00 Å².